The van der Waals surface area contributed by atoms with Crippen LogP contribution in [0.15, 0.2) is 65.1 Å². The molecule has 144 valence electrons. The summed E-state index contributed by atoms with van der Waals surface area (Å²) < 4.78 is 5.90. The molecule has 29 heavy (non-hydrogen) atoms. The molecular formula is C22H17N3O4. The van der Waals surface area contributed by atoms with E-state index in [2.05, 4.69) is 10.3 Å². The first-order chi connectivity index (χ1) is 13.9. The molecule has 0 fully saturated rings. The van der Waals surface area contributed by atoms with Gasteiger partial charge in [0.2, 0.25) is 5.89 Å². The Morgan fingerprint density at radius 1 is 1.07 bits per heavy atom. The number of nitrogens with zero attached hydrogens (tertiary/aromatic N) is 2. The summed E-state index contributed by atoms with van der Waals surface area (Å²) in [5.74, 6) is -0.0525. The van der Waals surface area contributed by atoms with Crippen molar-refractivity contribution in [2.75, 3.05) is 5.32 Å². The molecule has 1 aromatic heterocycles. The van der Waals surface area contributed by atoms with Crippen LogP contribution in [0.25, 0.3) is 22.6 Å². The van der Waals surface area contributed by atoms with Gasteiger partial charge in [0, 0.05) is 17.3 Å². The van der Waals surface area contributed by atoms with Crippen molar-refractivity contribution >= 4 is 28.4 Å². The Kier molecular flexibility index (Phi) is 4.56. The van der Waals surface area contributed by atoms with Gasteiger partial charge in [0.25, 0.3) is 11.6 Å². The van der Waals surface area contributed by atoms with Crippen LogP contribution in [0.1, 0.15) is 21.5 Å². The molecule has 0 saturated heterocycles. The largest absolute Gasteiger partial charge is 0.436 e. The van der Waals surface area contributed by atoms with E-state index in [0.717, 1.165) is 27.8 Å². The molecule has 7 heteroatoms. The number of para-hydroxylation sites is 1. The van der Waals surface area contributed by atoms with Crippen LogP contribution in [0, 0.1) is 24.0 Å². The molecule has 3 aromatic carbocycles. The molecule has 0 atom stereocenters. The van der Waals surface area contributed by atoms with E-state index < -0.39 is 10.8 Å². The number of amides is 1. The number of hydrogen-bond donors (Lipinski definition) is 1. The molecule has 7 nitrogen and oxygen atoms in total. The smallest absolute Gasteiger partial charge is 0.282 e. The molecule has 1 heterocycles. The summed E-state index contributed by atoms with van der Waals surface area (Å²) in [4.78, 5) is 27.5. The highest BCUT2D eigenvalue weighted by Crippen LogP contribution is 2.28. The summed E-state index contributed by atoms with van der Waals surface area (Å²) in [5.41, 5.74) is 4.73. The fourth-order valence-corrected chi connectivity index (χ4v) is 3.22. The zero-order valence-electron chi connectivity index (χ0n) is 15.8. The summed E-state index contributed by atoms with van der Waals surface area (Å²) >= 11 is 0. The number of carbonyl (C=O) groups is 1. The average Bonchev–Trinajstić information content (AvgIpc) is 3.13. The van der Waals surface area contributed by atoms with Gasteiger partial charge >= 0.3 is 0 Å². The van der Waals surface area contributed by atoms with E-state index in [1.54, 1.807) is 30.3 Å². The number of fused-ring (bicyclic) bond motifs is 1. The maximum Gasteiger partial charge on any atom is 0.282 e. The lowest BCUT2D eigenvalue weighted by Crippen LogP contribution is -2.13. The highest BCUT2D eigenvalue weighted by Gasteiger charge is 2.19. The van der Waals surface area contributed by atoms with Gasteiger partial charge in [0.1, 0.15) is 11.1 Å². The Balaban J connectivity index is 1.58. The second kappa shape index (κ2) is 7.20. The van der Waals surface area contributed by atoms with E-state index in [-0.39, 0.29) is 11.3 Å². The van der Waals surface area contributed by atoms with Crippen LogP contribution in [-0.4, -0.2) is 15.8 Å². The molecule has 0 unspecified atom stereocenters. The maximum absolute atomic E-state index is 12.4. The summed E-state index contributed by atoms with van der Waals surface area (Å²) in [7, 11) is 0. The number of oxazole rings is 1. The topological polar surface area (TPSA) is 98.3 Å². The molecule has 0 aliphatic rings. The number of aromatic nitrogens is 1. The van der Waals surface area contributed by atoms with Crippen molar-refractivity contribution < 1.29 is 14.1 Å². The molecule has 1 N–H and O–H groups in total. The van der Waals surface area contributed by atoms with Gasteiger partial charge in [-0.3, -0.25) is 14.9 Å². The fourth-order valence-electron chi connectivity index (χ4n) is 3.22. The van der Waals surface area contributed by atoms with Crippen molar-refractivity contribution in [3.8, 4) is 11.5 Å². The van der Waals surface area contributed by atoms with Gasteiger partial charge in [-0.25, -0.2) is 4.98 Å². The monoisotopic (exact) mass is 387 g/mol. The van der Waals surface area contributed by atoms with Crippen molar-refractivity contribution in [3.05, 3.63) is 87.5 Å². The van der Waals surface area contributed by atoms with Gasteiger partial charge in [0.15, 0.2) is 5.58 Å². The van der Waals surface area contributed by atoms with Gasteiger partial charge in [-0.15, -0.1) is 0 Å². The number of nitro benzene ring substituents is 1. The van der Waals surface area contributed by atoms with E-state index in [9.17, 15) is 14.9 Å². The third kappa shape index (κ3) is 3.58. The van der Waals surface area contributed by atoms with Gasteiger partial charge in [-0.05, 0) is 61.4 Å². The molecule has 0 spiro atoms. The standard InChI is InChI=1S/C22H17N3O4/c1-13-11-14(2)20-18(12-13)24-22(29-20)15-7-9-16(10-8-15)23-21(26)17-5-3-4-6-19(17)25(27)28/h3-12H,1-2H3,(H,23,26). The van der Waals surface area contributed by atoms with E-state index in [0.29, 0.717) is 11.6 Å². The van der Waals surface area contributed by atoms with Crippen LogP contribution in [0.5, 0.6) is 0 Å². The predicted molar refractivity (Wildman–Crippen MR) is 110 cm³/mol. The second-order valence-corrected chi connectivity index (χ2v) is 6.75. The Morgan fingerprint density at radius 2 is 1.79 bits per heavy atom. The van der Waals surface area contributed by atoms with Crippen LogP contribution < -0.4 is 5.32 Å². The fraction of sp³-hybridized carbons (Fsp3) is 0.0909. The van der Waals surface area contributed by atoms with Crippen LogP contribution in [0.4, 0.5) is 11.4 Å². The molecule has 4 aromatic rings. The van der Waals surface area contributed by atoms with E-state index in [4.69, 9.17) is 4.42 Å². The Morgan fingerprint density at radius 3 is 2.52 bits per heavy atom. The average molecular weight is 387 g/mol. The minimum absolute atomic E-state index is 0.00590. The Labute approximate surface area is 166 Å². The summed E-state index contributed by atoms with van der Waals surface area (Å²) in [5, 5.41) is 13.8. The van der Waals surface area contributed by atoms with Crippen LogP contribution in [-0.2, 0) is 0 Å². The first-order valence-corrected chi connectivity index (χ1v) is 8.95. The molecule has 0 aliphatic carbocycles. The maximum atomic E-state index is 12.4. The number of nitro groups is 1. The predicted octanol–water partition coefficient (Wildman–Crippen LogP) is 5.27. The Bertz CT molecular complexity index is 1240. The number of carbonyl (C=O) groups excluding carboxylic acids is 1. The molecule has 0 bridgehead atoms. The van der Waals surface area contributed by atoms with Gasteiger partial charge in [-0.2, -0.15) is 0 Å². The normalized spacial score (nSPS) is 10.8. The van der Waals surface area contributed by atoms with Crippen molar-refractivity contribution in [1.82, 2.24) is 4.98 Å². The minimum atomic E-state index is -0.574. The lowest BCUT2D eigenvalue weighted by molar-refractivity contribution is -0.385. The Hall–Kier alpha value is -4.00. The number of rotatable bonds is 4. The first kappa shape index (κ1) is 18.4. The van der Waals surface area contributed by atoms with E-state index in [1.165, 1.54) is 18.2 Å². The lowest BCUT2D eigenvalue weighted by Gasteiger charge is -2.06. The lowest BCUT2D eigenvalue weighted by atomic mass is 10.1. The van der Waals surface area contributed by atoms with Crippen LogP contribution >= 0.6 is 0 Å². The number of benzene rings is 3. The quantitative estimate of drug-likeness (QED) is 0.380. The molecule has 0 saturated carbocycles. The summed E-state index contributed by atoms with van der Waals surface area (Å²) in [6.07, 6.45) is 0. The van der Waals surface area contributed by atoms with Crippen molar-refractivity contribution in [2.24, 2.45) is 0 Å². The first-order valence-electron chi connectivity index (χ1n) is 8.95. The zero-order valence-corrected chi connectivity index (χ0v) is 15.8. The highest BCUT2D eigenvalue weighted by atomic mass is 16.6. The molecule has 0 radical (unpaired) electrons. The third-order valence-corrected chi connectivity index (χ3v) is 4.56. The molecular weight excluding hydrogens is 370 g/mol. The minimum Gasteiger partial charge on any atom is -0.436 e. The van der Waals surface area contributed by atoms with Gasteiger partial charge in [-0.1, -0.05) is 18.2 Å². The van der Waals surface area contributed by atoms with Crippen molar-refractivity contribution in [3.63, 3.8) is 0 Å². The third-order valence-electron chi connectivity index (χ3n) is 4.56. The molecule has 1 amide bonds. The molecule has 0 aliphatic heterocycles. The SMILES string of the molecule is Cc1cc(C)c2oc(-c3ccc(NC(=O)c4ccccc4[N+](=O)[O-])cc3)nc2c1. The second-order valence-electron chi connectivity index (χ2n) is 6.75. The zero-order chi connectivity index (χ0) is 20.5. The number of anilines is 1. The van der Waals surface area contributed by atoms with E-state index in [1.807, 2.05) is 26.0 Å². The summed E-state index contributed by atoms with van der Waals surface area (Å²) in [6, 6.07) is 16.8. The molecule has 4 rings (SSSR count). The number of nitrogens with one attached hydrogen (secondary N) is 1. The summed E-state index contributed by atoms with van der Waals surface area (Å²) in [6.45, 7) is 3.99. The van der Waals surface area contributed by atoms with Crippen LogP contribution in [0.2, 0.25) is 0 Å². The van der Waals surface area contributed by atoms with Crippen molar-refractivity contribution in [1.29, 1.82) is 0 Å². The van der Waals surface area contributed by atoms with Crippen molar-refractivity contribution in [2.45, 2.75) is 13.8 Å². The van der Waals surface area contributed by atoms with Gasteiger partial charge < -0.3 is 9.73 Å². The van der Waals surface area contributed by atoms with Crippen LogP contribution in [0.3, 0.4) is 0 Å². The number of aryl methyl sites for hydroxylation is 2. The van der Waals surface area contributed by atoms with E-state index >= 15 is 0 Å². The highest BCUT2D eigenvalue weighted by molar-refractivity contribution is 6.07. The number of hydrogen-bond acceptors (Lipinski definition) is 5. The van der Waals surface area contributed by atoms with Gasteiger partial charge in [0.05, 0.1) is 4.92 Å².